The molecule has 0 radical (unpaired) electrons. The van der Waals surface area contributed by atoms with Crippen LogP contribution in [0.4, 0.5) is 0 Å². The normalized spacial score (nSPS) is 17.7. The molecule has 0 amide bonds. The van der Waals surface area contributed by atoms with Crippen molar-refractivity contribution < 1.29 is 4.74 Å². The molecule has 0 fully saturated rings. The van der Waals surface area contributed by atoms with Gasteiger partial charge in [-0.3, -0.25) is 5.41 Å². The highest BCUT2D eigenvalue weighted by molar-refractivity contribution is 5.96. The van der Waals surface area contributed by atoms with Crippen molar-refractivity contribution >= 4 is 5.90 Å². The van der Waals surface area contributed by atoms with E-state index in [4.69, 9.17) is 10.1 Å². The highest BCUT2D eigenvalue weighted by atomic mass is 16.5. The summed E-state index contributed by atoms with van der Waals surface area (Å²) in [7, 11) is 0. The minimum atomic E-state index is 0.184. The lowest BCUT2D eigenvalue weighted by atomic mass is 10.1. The Balaban J connectivity index is 2.77. The lowest BCUT2D eigenvalue weighted by Gasteiger charge is -2.04. The first-order chi connectivity index (χ1) is 4.61. The van der Waals surface area contributed by atoms with Gasteiger partial charge in [0, 0.05) is 11.5 Å². The Morgan fingerprint density at radius 2 is 2.20 bits per heavy atom. The number of ether oxygens (including phenoxy) is 1. The van der Waals surface area contributed by atoms with Crippen LogP contribution in [-0.2, 0) is 4.74 Å². The second-order valence-corrected chi connectivity index (χ2v) is 2.66. The molecule has 0 saturated heterocycles. The van der Waals surface area contributed by atoms with Crippen molar-refractivity contribution in [2.75, 3.05) is 0 Å². The van der Waals surface area contributed by atoms with Gasteiger partial charge in [0.25, 0.3) is 0 Å². The first-order valence-corrected chi connectivity index (χ1v) is 3.28. The molecule has 1 heterocycles. The third kappa shape index (κ3) is 1.10. The van der Waals surface area contributed by atoms with Crippen LogP contribution in [0.2, 0.25) is 0 Å². The maximum absolute atomic E-state index is 7.20. The Morgan fingerprint density at radius 1 is 1.60 bits per heavy atom. The maximum atomic E-state index is 7.20. The smallest absolute Gasteiger partial charge is 0.218 e. The zero-order chi connectivity index (χ0) is 7.72. The largest absolute Gasteiger partial charge is 0.443 e. The second kappa shape index (κ2) is 2.29. The van der Waals surface area contributed by atoms with Gasteiger partial charge in [-0.25, -0.2) is 0 Å². The van der Waals surface area contributed by atoms with E-state index in [-0.39, 0.29) is 5.90 Å². The molecule has 2 heteroatoms. The van der Waals surface area contributed by atoms with Crippen LogP contribution in [0.5, 0.6) is 0 Å². The van der Waals surface area contributed by atoms with Crippen molar-refractivity contribution in [3.8, 4) is 0 Å². The Kier molecular flexibility index (Phi) is 1.62. The molecule has 0 aromatic rings. The van der Waals surface area contributed by atoms with Crippen LogP contribution in [0.15, 0.2) is 24.0 Å². The first-order valence-electron chi connectivity index (χ1n) is 3.28. The number of hydrogen-bond donors (Lipinski definition) is 1. The predicted octanol–water partition coefficient (Wildman–Crippen LogP) is 2.09. The van der Waals surface area contributed by atoms with Crippen LogP contribution in [0.1, 0.15) is 13.8 Å². The van der Waals surface area contributed by atoms with E-state index in [0.29, 0.717) is 11.5 Å². The summed E-state index contributed by atoms with van der Waals surface area (Å²) in [4.78, 5) is 0. The van der Waals surface area contributed by atoms with Gasteiger partial charge in [0.2, 0.25) is 5.90 Å². The van der Waals surface area contributed by atoms with Gasteiger partial charge in [0.15, 0.2) is 0 Å². The van der Waals surface area contributed by atoms with E-state index in [1.54, 1.807) is 0 Å². The molecule has 54 valence electrons. The van der Waals surface area contributed by atoms with Gasteiger partial charge in [-0.1, -0.05) is 20.4 Å². The van der Waals surface area contributed by atoms with E-state index in [0.717, 1.165) is 5.76 Å². The van der Waals surface area contributed by atoms with E-state index in [1.807, 2.05) is 19.9 Å². The van der Waals surface area contributed by atoms with Crippen molar-refractivity contribution in [3.05, 3.63) is 24.0 Å². The standard InChI is InChI=1S/C8H11NO/c1-5(2)7-4-6(3)8(9)10-7/h4-5,9H,3H2,1-2H3. The lowest BCUT2D eigenvalue weighted by Crippen LogP contribution is -1.98. The molecule has 0 atom stereocenters. The topological polar surface area (TPSA) is 33.1 Å². The Hall–Kier alpha value is -1.05. The number of allylic oxidation sites excluding steroid dienone is 1. The van der Waals surface area contributed by atoms with Gasteiger partial charge in [0.05, 0.1) is 0 Å². The van der Waals surface area contributed by atoms with Gasteiger partial charge in [-0.05, 0) is 6.08 Å². The fraction of sp³-hybridized carbons (Fsp3) is 0.375. The van der Waals surface area contributed by atoms with Gasteiger partial charge in [-0.15, -0.1) is 0 Å². The second-order valence-electron chi connectivity index (χ2n) is 2.66. The molecule has 0 bridgehead atoms. The monoisotopic (exact) mass is 137 g/mol. The Labute approximate surface area is 60.7 Å². The minimum Gasteiger partial charge on any atom is -0.443 e. The fourth-order valence-electron chi connectivity index (χ4n) is 0.735. The van der Waals surface area contributed by atoms with Crippen molar-refractivity contribution in [1.82, 2.24) is 0 Å². The molecule has 0 spiro atoms. The average molecular weight is 137 g/mol. The average Bonchev–Trinajstić information content (AvgIpc) is 2.13. The molecule has 1 aliphatic rings. The summed E-state index contributed by atoms with van der Waals surface area (Å²) in [6, 6.07) is 0. The van der Waals surface area contributed by atoms with Crippen LogP contribution in [0, 0.1) is 11.3 Å². The zero-order valence-corrected chi connectivity index (χ0v) is 6.27. The fourth-order valence-corrected chi connectivity index (χ4v) is 0.735. The summed E-state index contributed by atoms with van der Waals surface area (Å²) < 4.78 is 5.08. The van der Waals surface area contributed by atoms with E-state index in [2.05, 4.69) is 6.58 Å². The van der Waals surface area contributed by atoms with Crippen molar-refractivity contribution in [2.45, 2.75) is 13.8 Å². The molecule has 0 saturated carbocycles. The van der Waals surface area contributed by atoms with Crippen LogP contribution in [0.3, 0.4) is 0 Å². The third-order valence-electron chi connectivity index (χ3n) is 1.40. The summed E-state index contributed by atoms with van der Waals surface area (Å²) >= 11 is 0. The summed E-state index contributed by atoms with van der Waals surface area (Å²) in [5, 5.41) is 7.20. The van der Waals surface area contributed by atoms with Crippen molar-refractivity contribution in [2.24, 2.45) is 5.92 Å². The molecule has 1 rings (SSSR count). The molecule has 0 unspecified atom stereocenters. The molecule has 0 aromatic carbocycles. The predicted molar refractivity (Wildman–Crippen MR) is 40.9 cm³/mol. The Bertz CT molecular complexity index is 213. The Morgan fingerprint density at radius 3 is 2.40 bits per heavy atom. The van der Waals surface area contributed by atoms with E-state index < -0.39 is 0 Å². The molecule has 2 nitrogen and oxygen atoms in total. The molecule has 0 aromatic heterocycles. The van der Waals surface area contributed by atoms with Crippen LogP contribution in [0.25, 0.3) is 0 Å². The summed E-state index contributed by atoms with van der Waals surface area (Å²) in [6.45, 7) is 7.69. The summed E-state index contributed by atoms with van der Waals surface area (Å²) in [6.07, 6.45) is 1.81. The van der Waals surface area contributed by atoms with Crippen LogP contribution in [-0.4, -0.2) is 5.90 Å². The SMILES string of the molecule is C=C1C=C(C(C)C)OC1=N. The van der Waals surface area contributed by atoms with Crippen LogP contribution < -0.4 is 0 Å². The van der Waals surface area contributed by atoms with E-state index in [9.17, 15) is 0 Å². The molecule has 10 heavy (non-hydrogen) atoms. The zero-order valence-electron chi connectivity index (χ0n) is 6.27. The van der Waals surface area contributed by atoms with Crippen molar-refractivity contribution in [1.29, 1.82) is 5.41 Å². The third-order valence-corrected chi connectivity index (χ3v) is 1.40. The maximum Gasteiger partial charge on any atom is 0.218 e. The van der Waals surface area contributed by atoms with Gasteiger partial charge in [-0.2, -0.15) is 0 Å². The summed E-state index contributed by atoms with van der Waals surface area (Å²) in [5.41, 5.74) is 0.670. The highest BCUT2D eigenvalue weighted by Crippen LogP contribution is 2.21. The van der Waals surface area contributed by atoms with E-state index >= 15 is 0 Å². The molecule has 0 aliphatic carbocycles. The molecule has 1 aliphatic heterocycles. The number of hydrogen-bond acceptors (Lipinski definition) is 2. The van der Waals surface area contributed by atoms with Gasteiger partial charge < -0.3 is 4.74 Å². The summed E-state index contributed by atoms with van der Waals surface area (Å²) in [5.74, 6) is 1.37. The van der Waals surface area contributed by atoms with Gasteiger partial charge in [0.1, 0.15) is 5.76 Å². The quantitative estimate of drug-likeness (QED) is 0.589. The lowest BCUT2D eigenvalue weighted by molar-refractivity contribution is 0.369. The van der Waals surface area contributed by atoms with E-state index in [1.165, 1.54) is 0 Å². The minimum absolute atomic E-state index is 0.184. The van der Waals surface area contributed by atoms with Crippen molar-refractivity contribution in [3.63, 3.8) is 0 Å². The van der Waals surface area contributed by atoms with Gasteiger partial charge >= 0.3 is 0 Å². The molecule has 1 N–H and O–H groups in total. The number of rotatable bonds is 1. The van der Waals surface area contributed by atoms with Crippen LogP contribution >= 0.6 is 0 Å². The highest BCUT2D eigenvalue weighted by Gasteiger charge is 2.17. The number of nitrogens with one attached hydrogen (secondary N) is 1. The molecular weight excluding hydrogens is 126 g/mol. The first kappa shape index (κ1) is 7.06. The molecular formula is C8H11NO.